The van der Waals surface area contributed by atoms with E-state index in [1.54, 1.807) is 0 Å². The molecule has 10 nitrogen and oxygen atoms in total. The van der Waals surface area contributed by atoms with Crippen molar-refractivity contribution in [3.63, 3.8) is 0 Å². The summed E-state index contributed by atoms with van der Waals surface area (Å²) in [7, 11) is 0. The molecule has 0 bridgehead atoms. The molecule has 4 saturated carbocycles. The molecule has 10 heteroatoms. The van der Waals surface area contributed by atoms with Crippen LogP contribution in [0.15, 0.2) is 0 Å². The van der Waals surface area contributed by atoms with E-state index in [1.807, 2.05) is 0 Å². The van der Waals surface area contributed by atoms with Gasteiger partial charge in [0.2, 0.25) is 0 Å². The molecule has 43 heavy (non-hydrogen) atoms. The fraction of sp³-hybridized carbons (Fsp3) is 0.909. The van der Waals surface area contributed by atoms with Gasteiger partial charge in [-0.25, -0.2) is 4.79 Å². The molecule has 0 amide bonds. The lowest BCUT2D eigenvalue weighted by atomic mass is 9.44. The summed E-state index contributed by atoms with van der Waals surface area (Å²) in [4.78, 5) is 37.6. The first-order chi connectivity index (χ1) is 20.3. The van der Waals surface area contributed by atoms with Crippen LogP contribution < -0.4 is 0 Å². The van der Waals surface area contributed by atoms with Gasteiger partial charge in [0.1, 0.15) is 30.2 Å². The normalized spacial score (nSPS) is 50.0. The molecule has 0 aromatic rings. The molecule has 0 aromatic carbocycles. The van der Waals surface area contributed by atoms with Crippen molar-refractivity contribution in [1.29, 1.82) is 0 Å². The van der Waals surface area contributed by atoms with Crippen LogP contribution in [0.25, 0.3) is 0 Å². The van der Waals surface area contributed by atoms with E-state index in [-0.39, 0.29) is 47.4 Å². The van der Waals surface area contributed by atoms with Crippen molar-refractivity contribution in [3.8, 4) is 0 Å². The number of ether oxygens (including phenoxy) is 3. The molecule has 2 heterocycles. The molecule has 4 N–H and O–H groups in total. The topological polar surface area (TPSA) is 160 Å². The number of aliphatic hydroxyl groups excluding tert-OH is 4. The minimum absolute atomic E-state index is 0.0242. The fourth-order valence-electron chi connectivity index (χ4n) is 10.9. The first-order valence-electron chi connectivity index (χ1n) is 16.5. The Morgan fingerprint density at radius 3 is 2.42 bits per heavy atom. The Labute approximate surface area is 253 Å². The van der Waals surface area contributed by atoms with Crippen molar-refractivity contribution >= 4 is 18.0 Å². The number of rotatable bonds is 6. The van der Waals surface area contributed by atoms with Gasteiger partial charge in [-0.15, -0.1) is 0 Å². The Kier molecular flexibility index (Phi) is 8.16. The molecular weight excluding hydrogens is 556 g/mol. The molecule has 2 saturated heterocycles. The van der Waals surface area contributed by atoms with Gasteiger partial charge in [0.25, 0.3) is 0 Å². The highest BCUT2D eigenvalue weighted by Crippen LogP contribution is 2.70. The summed E-state index contributed by atoms with van der Waals surface area (Å²) in [6.07, 6.45) is -1.06. The van der Waals surface area contributed by atoms with Crippen LogP contribution in [0.5, 0.6) is 0 Å². The molecule has 6 aliphatic rings. The maximum Gasteiger partial charge on any atom is 0.338 e. The summed E-state index contributed by atoms with van der Waals surface area (Å²) in [5, 5.41) is 39.5. The van der Waals surface area contributed by atoms with Gasteiger partial charge in [-0.2, -0.15) is 0 Å². The van der Waals surface area contributed by atoms with Crippen LogP contribution >= 0.6 is 0 Å². The molecule has 0 radical (unpaired) electrons. The molecule has 6 fully saturated rings. The summed E-state index contributed by atoms with van der Waals surface area (Å²) in [6, 6.07) is 0. The van der Waals surface area contributed by atoms with Gasteiger partial charge in [0.05, 0.1) is 12.7 Å². The zero-order chi connectivity index (χ0) is 31.1. The highest BCUT2D eigenvalue weighted by molar-refractivity contribution is 5.87. The monoisotopic (exact) mass is 606 g/mol. The van der Waals surface area contributed by atoms with Crippen molar-refractivity contribution in [1.82, 2.24) is 0 Å². The van der Waals surface area contributed by atoms with E-state index < -0.39 is 47.7 Å². The highest BCUT2D eigenvalue weighted by atomic mass is 16.7. The third-order valence-corrected chi connectivity index (χ3v) is 13.4. The van der Waals surface area contributed by atoms with Crippen molar-refractivity contribution < 1.29 is 49.0 Å². The molecule has 2 aliphatic heterocycles. The fourth-order valence-corrected chi connectivity index (χ4v) is 10.9. The second-order valence-corrected chi connectivity index (χ2v) is 15.4. The van der Waals surface area contributed by atoms with Crippen LogP contribution in [0, 0.1) is 52.3 Å². The van der Waals surface area contributed by atoms with Crippen LogP contribution in [0.2, 0.25) is 0 Å². The molecule has 6 rings (SSSR count). The largest absolute Gasteiger partial charge is 0.460 e. The smallest absolute Gasteiger partial charge is 0.338 e. The van der Waals surface area contributed by atoms with Gasteiger partial charge in [0.15, 0.2) is 18.2 Å². The summed E-state index contributed by atoms with van der Waals surface area (Å²) in [5.41, 5.74) is -0.477. The third-order valence-electron chi connectivity index (χ3n) is 13.4. The SMILES string of the molecule is C[C@@H]1CC[C@@]2(OC1)OC1CC3C4CC[C@H]5C[C@@H](OC(=O)[C@@H](O)[C@@H](O)[C@H](O)[C@@H](O)C=O)CC[C@]5(C)C4CC(=O)[C@]3(C)C1[C@@H]2C. The lowest BCUT2D eigenvalue weighted by molar-refractivity contribution is -0.272. The average molecular weight is 607 g/mol. The number of carbonyl (C=O) groups excluding carboxylic acids is 3. The second kappa shape index (κ2) is 11.1. The summed E-state index contributed by atoms with van der Waals surface area (Å²) in [6.45, 7) is 9.70. The Bertz CT molecular complexity index is 1100. The summed E-state index contributed by atoms with van der Waals surface area (Å²) in [5.74, 6) is 0.843. The van der Waals surface area contributed by atoms with E-state index in [4.69, 9.17) is 14.2 Å². The predicted octanol–water partition coefficient (Wildman–Crippen LogP) is 2.17. The number of aldehydes is 1. The zero-order valence-electron chi connectivity index (χ0n) is 25.9. The standard InChI is InChI=1S/C33H50O10/c1-16-7-10-33(41-15-16)17(2)26-24(43-33)12-22-20-6-5-18-11-19(42-30(40)29(39)28(38)27(37)23(35)14-34)8-9-31(18,3)21(20)13-25(36)32(22,26)4/h14,16-24,26-29,35,37-39H,5-13,15H2,1-4H3/t16-,17+,18+,19+,20?,21?,22?,23+,24?,26?,27-,28+,29+,31+,32-,33-/m1/s1. The van der Waals surface area contributed by atoms with E-state index in [1.165, 1.54) is 0 Å². The van der Waals surface area contributed by atoms with Gasteiger partial charge in [-0.05, 0) is 80.0 Å². The Morgan fingerprint density at radius 2 is 1.74 bits per heavy atom. The number of hydrogen-bond donors (Lipinski definition) is 4. The maximum atomic E-state index is 14.3. The van der Waals surface area contributed by atoms with Gasteiger partial charge in [0, 0.05) is 30.1 Å². The highest BCUT2D eigenvalue weighted by Gasteiger charge is 2.71. The minimum atomic E-state index is -2.09. The van der Waals surface area contributed by atoms with Gasteiger partial charge in [-0.3, -0.25) is 4.79 Å². The predicted molar refractivity (Wildman–Crippen MR) is 152 cm³/mol. The Morgan fingerprint density at radius 1 is 1.00 bits per heavy atom. The lowest BCUT2D eigenvalue weighted by Crippen LogP contribution is -2.58. The van der Waals surface area contributed by atoms with Crippen molar-refractivity contribution in [2.24, 2.45) is 52.3 Å². The molecule has 4 aliphatic carbocycles. The molecule has 5 unspecified atom stereocenters. The van der Waals surface area contributed by atoms with Gasteiger partial charge in [-0.1, -0.05) is 27.7 Å². The summed E-state index contributed by atoms with van der Waals surface area (Å²) >= 11 is 0. The summed E-state index contributed by atoms with van der Waals surface area (Å²) < 4.78 is 18.8. The zero-order valence-corrected chi connectivity index (χ0v) is 25.9. The van der Waals surface area contributed by atoms with Gasteiger partial charge < -0.3 is 39.4 Å². The Balaban J connectivity index is 1.13. The maximum absolute atomic E-state index is 14.3. The first-order valence-corrected chi connectivity index (χ1v) is 16.5. The van der Waals surface area contributed by atoms with Crippen LogP contribution in [0.3, 0.4) is 0 Å². The quantitative estimate of drug-likeness (QED) is 0.261. The molecule has 1 spiro atoms. The molecule has 16 atom stereocenters. The lowest BCUT2D eigenvalue weighted by Gasteiger charge is -2.60. The van der Waals surface area contributed by atoms with Gasteiger partial charge >= 0.3 is 5.97 Å². The number of esters is 1. The van der Waals surface area contributed by atoms with Crippen LogP contribution in [-0.2, 0) is 28.6 Å². The van der Waals surface area contributed by atoms with Crippen LogP contribution in [-0.4, -0.2) is 87.5 Å². The number of aliphatic hydroxyl groups is 4. The molecule has 0 aromatic heterocycles. The van der Waals surface area contributed by atoms with Crippen LogP contribution in [0.4, 0.5) is 0 Å². The van der Waals surface area contributed by atoms with E-state index in [2.05, 4.69) is 27.7 Å². The van der Waals surface area contributed by atoms with E-state index in [0.29, 0.717) is 43.5 Å². The Hall–Kier alpha value is -1.43. The number of hydrogen-bond acceptors (Lipinski definition) is 10. The number of fused-ring (bicyclic) bond motifs is 7. The van der Waals surface area contributed by atoms with Crippen molar-refractivity contribution in [2.45, 2.75) is 128 Å². The first kappa shape index (κ1) is 31.5. The number of carbonyl (C=O) groups is 3. The van der Waals surface area contributed by atoms with Crippen molar-refractivity contribution in [3.05, 3.63) is 0 Å². The minimum Gasteiger partial charge on any atom is -0.460 e. The number of ketones is 1. The van der Waals surface area contributed by atoms with Crippen LogP contribution in [0.1, 0.15) is 85.5 Å². The second-order valence-electron chi connectivity index (χ2n) is 15.4. The third kappa shape index (κ3) is 4.76. The van der Waals surface area contributed by atoms with E-state index >= 15 is 0 Å². The molecule has 242 valence electrons. The number of Topliss-reactive ketones (excluding diaryl/α,β-unsaturated/α-hetero) is 1. The van der Waals surface area contributed by atoms with E-state index in [0.717, 1.165) is 38.5 Å². The van der Waals surface area contributed by atoms with Crippen molar-refractivity contribution in [2.75, 3.05) is 6.61 Å². The average Bonchev–Trinajstić information content (AvgIpc) is 3.44. The van der Waals surface area contributed by atoms with E-state index in [9.17, 15) is 34.8 Å². The molecular formula is C33H50O10.